The molecule has 0 N–H and O–H groups in total. The van der Waals surface area contributed by atoms with Crippen LogP contribution in [0.4, 0.5) is 0 Å². The van der Waals surface area contributed by atoms with E-state index in [1.807, 2.05) is 18.2 Å². The normalized spacial score (nSPS) is 24.3. The lowest BCUT2D eigenvalue weighted by atomic mass is 9.86. The summed E-state index contributed by atoms with van der Waals surface area (Å²) < 4.78 is 69.0. The molecule has 0 unspecified atom stereocenters. The van der Waals surface area contributed by atoms with Gasteiger partial charge in [0.05, 0.1) is 23.6 Å². The van der Waals surface area contributed by atoms with Crippen molar-refractivity contribution >= 4 is 20.9 Å². The summed E-state index contributed by atoms with van der Waals surface area (Å²) in [6.45, 7) is 11.4. The van der Waals surface area contributed by atoms with E-state index >= 15 is 0 Å². The van der Waals surface area contributed by atoms with Crippen LogP contribution >= 0.6 is 0 Å². The van der Waals surface area contributed by atoms with E-state index in [0.29, 0.717) is 45.2 Å². The lowest BCUT2D eigenvalue weighted by Gasteiger charge is -2.51. The van der Waals surface area contributed by atoms with Gasteiger partial charge in [0.25, 0.3) is 10.0 Å². The highest BCUT2D eigenvalue weighted by molar-refractivity contribution is 7.90. The van der Waals surface area contributed by atoms with Crippen molar-refractivity contribution in [1.82, 2.24) is 3.97 Å². The highest BCUT2D eigenvalue weighted by Crippen LogP contribution is 2.49. The molecular weight excluding hydrogens is 618 g/mol. The Hall–Kier alpha value is -2.31. The second kappa shape index (κ2) is 16.9. The van der Waals surface area contributed by atoms with E-state index in [1.165, 1.54) is 3.97 Å². The van der Waals surface area contributed by atoms with Crippen LogP contribution in [-0.2, 0) is 50.8 Å². The molecule has 1 saturated heterocycles. The fourth-order valence-electron chi connectivity index (χ4n) is 6.36. The smallest absolute Gasteiger partial charge is 0.268 e. The van der Waals surface area contributed by atoms with Crippen molar-refractivity contribution in [3.63, 3.8) is 0 Å². The quantitative estimate of drug-likeness (QED) is 0.122. The van der Waals surface area contributed by atoms with Gasteiger partial charge in [0.1, 0.15) is 24.4 Å². The van der Waals surface area contributed by atoms with Crippen LogP contribution in [0, 0.1) is 0 Å². The van der Waals surface area contributed by atoms with Gasteiger partial charge in [0.15, 0.2) is 0 Å². The summed E-state index contributed by atoms with van der Waals surface area (Å²) in [5.41, 5.74) is 2.23. The largest absolute Gasteiger partial charge is 0.379 e. The van der Waals surface area contributed by atoms with E-state index in [9.17, 15) is 8.42 Å². The predicted octanol–water partition coefficient (Wildman–Crippen LogP) is 7.33. The van der Waals surface area contributed by atoms with E-state index in [4.69, 9.17) is 28.4 Å². The van der Waals surface area contributed by atoms with Crippen LogP contribution in [0.15, 0.2) is 59.6 Å². The molecule has 2 aliphatic heterocycles. The Labute approximate surface area is 280 Å². The van der Waals surface area contributed by atoms with Gasteiger partial charge in [-0.1, -0.05) is 71.6 Å². The molecule has 0 saturated carbocycles. The zero-order valence-electron chi connectivity index (χ0n) is 28.5. The van der Waals surface area contributed by atoms with Crippen molar-refractivity contribution in [1.29, 1.82) is 0 Å². The number of fused-ring (bicyclic) bond motifs is 3. The van der Waals surface area contributed by atoms with Crippen molar-refractivity contribution in [3.05, 3.63) is 65.9 Å². The van der Waals surface area contributed by atoms with Crippen LogP contribution < -0.4 is 0 Å². The summed E-state index contributed by atoms with van der Waals surface area (Å²) in [5, 5.41) is 0.805. The first-order valence-electron chi connectivity index (χ1n) is 17.6. The van der Waals surface area contributed by atoms with E-state index in [2.05, 4.69) is 27.7 Å². The third kappa shape index (κ3) is 7.80. The molecule has 1 fully saturated rings. The monoisotopic (exact) mass is 671 g/mol. The van der Waals surface area contributed by atoms with E-state index in [0.717, 1.165) is 67.9 Å². The van der Waals surface area contributed by atoms with E-state index < -0.39 is 40.2 Å². The molecule has 5 atom stereocenters. The van der Waals surface area contributed by atoms with Crippen LogP contribution in [-0.4, -0.2) is 69.8 Å². The van der Waals surface area contributed by atoms with Crippen LogP contribution in [0.2, 0.25) is 0 Å². The molecule has 5 rings (SSSR count). The summed E-state index contributed by atoms with van der Waals surface area (Å²) >= 11 is 0. The number of nitrogens with zero attached hydrogens (tertiary/aromatic N) is 1. The molecule has 0 amide bonds. The van der Waals surface area contributed by atoms with Gasteiger partial charge in [-0.15, -0.1) is 0 Å². The van der Waals surface area contributed by atoms with Crippen molar-refractivity contribution < 1.29 is 36.8 Å². The van der Waals surface area contributed by atoms with Gasteiger partial charge in [-0.05, 0) is 61.6 Å². The Morgan fingerprint density at radius 1 is 0.809 bits per heavy atom. The Morgan fingerprint density at radius 2 is 1.45 bits per heavy atom. The highest BCUT2D eigenvalue weighted by Gasteiger charge is 2.61. The third-order valence-corrected chi connectivity index (χ3v) is 10.7. The molecule has 0 aliphatic carbocycles. The van der Waals surface area contributed by atoms with Crippen LogP contribution in [0.3, 0.4) is 0 Å². The predicted molar refractivity (Wildman–Crippen MR) is 182 cm³/mol. The second-order valence-corrected chi connectivity index (χ2v) is 14.4. The maximum Gasteiger partial charge on any atom is 0.268 e. The van der Waals surface area contributed by atoms with Crippen LogP contribution in [0.25, 0.3) is 10.9 Å². The minimum atomic E-state index is -3.85. The maximum absolute atomic E-state index is 13.8. The van der Waals surface area contributed by atoms with Crippen molar-refractivity contribution in [2.45, 2.75) is 121 Å². The van der Waals surface area contributed by atoms with Gasteiger partial charge < -0.3 is 28.4 Å². The van der Waals surface area contributed by atoms with Gasteiger partial charge in [-0.3, -0.25) is 0 Å². The molecule has 260 valence electrons. The Kier molecular flexibility index (Phi) is 12.9. The number of hydrogen-bond acceptors (Lipinski definition) is 8. The minimum absolute atomic E-state index is 0.222. The Balaban J connectivity index is 1.62. The van der Waals surface area contributed by atoms with Gasteiger partial charge in [0.2, 0.25) is 5.79 Å². The van der Waals surface area contributed by atoms with Crippen LogP contribution in [0.5, 0.6) is 0 Å². The first kappa shape index (κ1) is 36.0. The fraction of sp³-hybridized carbons (Fsp3) is 0.622. The molecule has 0 radical (unpaired) electrons. The number of benzene rings is 2. The van der Waals surface area contributed by atoms with Gasteiger partial charge in [-0.25, -0.2) is 12.4 Å². The maximum atomic E-state index is 13.8. The van der Waals surface area contributed by atoms with Crippen molar-refractivity contribution in [3.8, 4) is 0 Å². The lowest BCUT2D eigenvalue weighted by Crippen LogP contribution is -2.66. The molecular formula is C37H53NO8S. The molecule has 2 aliphatic rings. The molecule has 1 aromatic heterocycles. The summed E-state index contributed by atoms with van der Waals surface area (Å²) in [7, 11) is -3.85. The van der Waals surface area contributed by atoms with Crippen molar-refractivity contribution in [2.75, 3.05) is 33.0 Å². The number of unbranched alkanes of at least 4 members (excludes halogenated alkanes) is 4. The molecule has 0 bridgehead atoms. The molecule has 47 heavy (non-hydrogen) atoms. The molecule has 9 nitrogen and oxygen atoms in total. The van der Waals surface area contributed by atoms with Gasteiger partial charge in [-0.2, -0.15) is 0 Å². The van der Waals surface area contributed by atoms with Gasteiger partial charge >= 0.3 is 0 Å². The van der Waals surface area contributed by atoms with E-state index in [1.54, 1.807) is 36.5 Å². The first-order valence-corrected chi connectivity index (χ1v) is 19.0. The summed E-state index contributed by atoms with van der Waals surface area (Å²) in [6, 6.07) is 14.2. The summed E-state index contributed by atoms with van der Waals surface area (Å²) in [4.78, 5) is 0.222. The number of hydrogen-bond donors (Lipinski definition) is 0. The lowest BCUT2D eigenvalue weighted by molar-refractivity contribution is -0.384. The molecule has 10 heteroatoms. The highest BCUT2D eigenvalue weighted by atomic mass is 32.2. The molecule has 1 spiro atoms. The fourth-order valence-corrected chi connectivity index (χ4v) is 7.73. The molecule has 3 heterocycles. The number of ether oxygens (including phenoxy) is 6. The average molecular weight is 672 g/mol. The Morgan fingerprint density at radius 3 is 2.13 bits per heavy atom. The third-order valence-electron chi connectivity index (χ3n) is 9.02. The molecule has 3 aromatic rings. The van der Waals surface area contributed by atoms with Crippen LogP contribution in [0.1, 0.15) is 90.2 Å². The van der Waals surface area contributed by atoms with E-state index in [-0.39, 0.29) is 4.90 Å². The second-order valence-electron chi connectivity index (χ2n) is 12.6. The van der Waals surface area contributed by atoms with Crippen molar-refractivity contribution in [2.24, 2.45) is 0 Å². The number of aromatic nitrogens is 1. The standard InChI is InChI=1S/C37H53NO8S/c1-5-9-20-41-27-33-34(42-21-10-6-2)35(43-22-11-7-3)36(44-23-12-8-4)37(46-33)31-25-32-28(24-29(31)26-45-37)18-19-38(32)47(39,40)30-16-14-13-15-17-30/h13-19,24-25,33-36H,5-12,20-23,26-27H2,1-4H3/t33-,34-,35+,36-,37+/m1/s1. The van der Waals surface area contributed by atoms with Gasteiger partial charge in [0, 0.05) is 43.6 Å². The molecule has 2 aromatic carbocycles. The number of rotatable bonds is 19. The SMILES string of the molecule is CCCCOC[C@H]1O[C@]2(OCc3cc4ccn(S(=O)(=O)c5ccccc5)c4cc32)[C@H](OCCCC)[C@@H](OCCCC)[C@@H]1OCCCC. The zero-order chi connectivity index (χ0) is 33.3. The zero-order valence-corrected chi connectivity index (χ0v) is 29.3. The topological polar surface area (TPSA) is 94.5 Å². The summed E-state index contributed by atoms with van der Waals surface area (Å²) in [6.07, 6.45) is 7.15. The first-order chi connectivity index (χ1) is 22.9. The average Bonchev–Trinajstić information content (AvgIpc) is 3.66. The Bertz CT molecular complexity index is 1510. The summed E-state index contributed by atoms with van der Waals surface area (Å²) in [5.74, 6) is -1.34. The minimum Gasteiger partial charge on any atom is -0.379 e.